The van der Waals surface area contributed by atoms with Crippen molar-refractivity contribution in [2.24, 2.45) is 10.9 Å². The van der Waals surface area contributed by atoms with Gasteiger partial charge in [0, 0.05) is 6.21 Å². The zero-order valence-electron chi connectivity index (χ0n) is 13.0. The molecular weight excluding hydrogens is 266 g/mol. The smallest absolute Gasteiger partial charge is 0.0568 e. The molecule has 1 aliphatic heterocycles. The molecule has 0 N–H and O–H groups in total. The van der Waals surface area contributed by atoms with Crippen molar-refractivity contribution in [1.82, 2.24) is 0 Å². The predicted molar refractivity (Wildman–Crippen MR) is 92.7 cm³/mol. The highest BCUT2D eigenvalue weighted by Gasteiger charge is 2.29. The summed E-state index contributed by atoms with van der Waals surface area (Å²) < 4.78 is 0. The molecule has 0 radical (unpaired) electrons. The van der Waals surface area contributed by atoms with E-state index in [9.17, 15) is 0 Å². The minimum absolute atomic E-state index is 0.506. The Morgan fingerprint density at radius 3 is 2.32 bits per heavy atom. The first-order valence-corrected chi connectivity index (χ1v) is 8.56. The van der Waals surface area contributed by atoms with Gasteiger partial charge in [-0.1, -0.05) is 54.6 Å². The molecule has 1 nitrogen and oxygen atoms in total. The fourth-order valence-electron chi connectivity index (χ4n) is 4.15. The van der Waals surface area contributed by atoms with Crippen molar-refractivity contribution in [1.29, 1.82) is 0 Å². The number of benzene rings is 2. The Balaban J connectivity index is 1.41. The number of rotatable bonds is 2. The van der Waals surface area contributed by atoms with Crippen molar-refractivity contribution in [2.75, 3.05) is 0 Å². The Morgan fingerprint density at radius 2 is 1.50 bits per heavy atom. The van der Waals surface area contributed by atoms with Gasteiger partial charge in [-0.15, -0.1) is 0 Å². The number of fused-ring (bicyclic) bond motifs is 1. The highest BCUT2D eigenvalue weighted by atomic mass is 14.8. The van der Waals surface area contributed by atoms with Crippen molar-refractivity contribution in [3.05, 3.63) is 71.3 Å². The molecule has 22 heavy (non-hydrogen) atoms. The molecule has 0 saturated heterocycles. The zero-order valence-corrected chi connectivity index (χ0v) is 13.0. The molecule has 1 atom stereocenters. The summed E-state index contributed by atoms with van der Waals surface area (Å²) in [5, 5.41) is 0. The van der Waals surface area contributed by atoms with Crippen molar-refractivity contribution in [3.63, 3.8) is 0 Å². The molecule has 1 heterocycles. The molecule has 1 saturated carbocycles. The standard InChI is InChI=1S/C21H23N/c1-2-6-16(7-3-1)17-10-12-18(13-11-17)21-14-19-8-4-5-9-20(19)15-22-21/h1-9,15,17-18,21H,10-14H2. The van der Waals surface area contributed by atoms with Crippen LogP contribution in [0, 0.1) is 5.92 Å². The van der Waals surface area contributed by atoms with Gasteiger partial charge in [0.1, 0.15) is 0 Å². The second-order valence-electron chi connectivity index (χ2n) is 6.77. The predicted octanol–water partition coefficient (Wildman–Crippen LogP) is 5.00. The number of aliphatic imine (C=N–C) groups is 1. The van der Waals surface area contributed by atoms with Crippen molar-refractivity contribution < 1.29 is 0 Å². The van der Waals surface area contributed by atoms with Gasteiger partial charge in [-0.05, 0) is 60.6 Å². The van der Waals surface area contributed by atoms with Crippen LogP contribution in [0.4, 0.5) is 0 Å². The summed E-state index contributed by atoms with van der Waals surface area (Å²) in [6.07, 6.45) is 8.53. The molecular formula is C21H23N. The Bertz CT molecular complexity index is 651. The summed E-state index contributed by atoms with van der Waals surface area (Å²) in [4.78, 5) is 4.87. The second-order valence-corrected chi connectivity index (χ2v) is 6.77. The third-order valence-corrected chi connectivity index (χ3v) is 5.48. The van der Waals surface area contributed by atoms with Crippen LogP contribution in [0.5, 0.6) is 0 Å². The summed E-state index contributed by atoms with van der Waals surface area (Å²) in [5.41, 5.74) is 4.32. The van der Waals surface area contributed by atoms with Gasteiger partial charge >= 0.3 is 0 Å². The maximum absolute atomic E-state index is 4.87. The largest absolute Gasteiger partial charge is 0.289 e. The minimum Gasteiger partial charge on any atom is -0.289 e. The summed E-state index contributed by atoms with van der Waals surface area (Å²) in [7, 11) is 0. The van der Waals surface area contributed by atoms with Gasteiger partial charge in [0.15, 0.2) is 0 Å². The lowest BCUT2D eigenvalue weighted by atomic mass is 9.74. The van der Waals surface area contributed by atoms with E-state index < -0.39 is 0 Å². The van der Waals surface area contributed by atoms with Crippen LogP contribution in [0.25, 0.3) is 0 Å². The van der Waals surface area contributed by atoms with Gasteiger partial charge in [-0.25, -0.2) is 0 Å². The highest BCUT2D eigenvalue weighted by Crippen LogP contribution is 2.39. The van der Waals surface area contributed by atoms with Crippen molar-refractivity contribution in [2.45, 2.75) is 44.1 Å². The van der Waals surface area contributed by atoms with E-state index in [4.69, 9.17) is 4.99 Å². The van der Waals surface area contributed by atoms with Gasteiger partial charge < -0.3 is 0 Å². The van der Waals surface area contributed by atoms with Gasteiger partial charge in [0.05, 0.1) is 6.04 Å². The Labute approximate surface area is 133 Å². The molecule has 2 aromatic carbocycles. The van der Waals surface area contributed by atoms with E-state index in [1.165, 1.54) is 42.4 Å². The lowest BCUT2D eigenvalue weighted by Gasteiger charge is -2.33. The molecule has 0 spiro atoms. The maximum atomic E-state index is 4.87. The van der Waals surface area contributed by atoms with Crippen molar-refractivity contribution in [3.8, 4) is 0 Å². The first-order chi connectivity index (χ1) is 10.9. The van der Waals surface area contributed by atoms with Gasteiger partial charge in [0.25, 0.3) is 0 Å². The minimum atomic E-state index is 0.506. The average molecular weight is 289 g/mol. The molecule has 1 aliphatic carbocycles. The van der Waals surface area contributed by atoms with E-state index in [-0.39, 0.29) is 0 Å². The molecule has 2 aliphatic rings. The third-order valence-electron chi connectivity index (χ3n) is 5.48. The average Bonchev–Trinajstić information content (AvgIpc) is 2.62. The normalized spacial score (nSPS) is 27.4. The number of hydrogen-bond donors (Lipinski definition) is 0. The third kappa shape index (κ3) is 2.72. The van der Waals surface area contributed by atoms with Gasteiger partial charge in [-0.2, -0.15) is 0 Å². The van der Waals surface area contributed by atoms with Crippen LogP contribution in [-0.2, 0) is 6.42 Å². The van der Waals surface area contributed by atoms with Crippen molar-refractivity contribution >= 4 is 6.21 Å². The Hall–Kier alpha value is -1.89. The summed E-state index contributed by atoms with van der Waals surface area (Å²) in [6, 6.07) is 20.3. The van der Waals surface area contributed by atoms with Gasteiger partial charge in [-0.3, -0.25) is 4.99 Å². The molecule has 1 fully saturated rings. The lowest BCUT2D eigenvalue weighted by molar-refractivity contribution is 0.281. The molecule has 0 bridgehead atoms. The first-order valence-electron chi connectivity index (χ1n) is 8.56. The summed E-state index contributed by atoms with van der Waals surface area (Å²) in [6.45, 7) is 0. The van der Waals surface area contributed by atoms with E-state index >= 15 is 0 Å². The van der Waals surface area contributed by atoms with E-state index in [0.29, 0.717) is 6.04 Å². The molecule has 0 aromatic heterocycles. The summed E-state index contributed by atoms with van der Waals surface area (Å²) in [5.74, 6) is 1.53. The quantitative estimate of drug-likeness (QED) is 0.737. The molecule has 1 heteroatoms. The van der Waals surface area contributed by atoms with Crippen LogP contribution < -0.4 is 0 Å². The fourth-order valence-corrected chi connectivity index (χ4v) is 4.15. The van der Waals surface area contributed by atoms with E-state index in [0.717, 1.165) is 18.3 Å². The van der Waals surface area contributed by atoms with Crippen LogP contribution in [0.2, 0.25) is 0 Å². The molecule has 4 rings (SSSR count). The van der Waals surface area contributed by atoms with E-state index in [2.05, 4.69) is 60.8 Å². The second kappa shape index (κ2) is 6.08. The Morgan fingerprint density at radius 1 is 0.773 bits per heavy atom. The molecule has 112 valence electrons. The van der Waals surface area contributed by atoms with E-state index in [1.807, 2.05) is 0 Å². The van der Waals surface area contributed by atoms with Gasteiger partial charge in [0.2, 0.25) is 0 Å². The summed E-state index contributed by atoms with van der Waals surface area (Å²) >= 11 is 0. The lowest BCUT2D eigenvalue weighted by Crippen LogP contribution is -2.28. The molecule has 0 amide bonds. The monoisotopic (exact) mass is 289 g/mol. The first kappa shape index (κ1) is 13.8. The topological polar surface area (TPSA) is 12.4 Å². The Kier molecular flexibility index (Phi) is 3.80. The maximum Gasteiger partial charge on any atom is 0.0568 e. The van der Waals surface area contributed by atoms with Crippen LogP contribution in [0.1, 0.15) is 48.3 Å². The van der Waals surface area contributed by atoms with Crippen LogP contribution in [0.3, 0.4) is 0 Å². The zero-order chi connectivity index (χ0) is 14.8. The SMILES string of the molecule is C1=NC(C2CCC(c3ccccc3)CC2)Cc2ccccc21. The molecule has 2 aromatic rings. The number of nitrogens with zero attached hydrogens (tertiary/aromatic N) is 1. The fraction of sp³-hybridized carbons (Fsp3) is 0.381. The van der Waals surface area contributed by atoms with Crippen LogP contribution in [-0.4, -0.2) is 12.3 Å². The molecule has 1 unspecified atom stereocenters. The van der Waals surface area contributed by atoms with Crippen LogP contribution >= 0.6 is 0 Å². The van der Waals surface area contributed by atoms with Crippen LogP contribution in [0.15, 0.2) is 59.6 Å². The number of hydrogen-bond acceptors (Lipinski definition) is 1. The highest BCUT2D eigenvalue weighted by molar-refractivity contribution is 5.83. The van der Waals surface area contributed by atoms with E-state index in [1.54, 1.807) is 0 Å².